The van der Waals surface area contributed by atoms with Crippen molar-refractivity contribution in [3.63, 3.8) is 0 Å². The van der Waals surface area contributed by atoms with Gasteiger partial charge >= 0.3 is 0 Å². The molecule has 2 radical (unpaired) electrons. The molecule has 42 heavy (non-hydrogen) atoms. The van der Waals surface area contributed by atoms with Crippen molar-refractivity contribution in [2.24, 2.45) is 0 Å². The number of nitrogens with one attached hydrogen (secondary N) is 1. The van der Waals surface area contributed by atoms with Gasteiger partial charge in [0.05, 0.1) is 18.2 Å². The molecule has 3 aromatic rings. The maximum atomic E-state index is 13.4. The Balaban J connectivity index is 1.09. The third kappa shape index (κ3) is 6.29. The van der Waals surface area contributed by atoms with Crippen LogP contribution in [0.1, 0.15) is 54.4 Å². The van der Waals surface area contributed by atoms with E-state index in [4.69, 9.17) is 22.2 Å². The molecule has 3 aliphatic rings. The number of fused-ring (bicyclic) bond motifs is 2. The van der Waals surface area contributed by atoms with Crippen LogP contribution in [0.4, 0.5) is 0 Å². The molecule has 10 heteroatoms. The minimum absolute atomic E-state index is 0.172. The van der Waals surface area contributed by atoms with Gasteiger partial charge in [-0.1, -0.05) is 18.9 Å². The molecule has 3 heterocycles. The third-order valence-corrected chi connectivity index (χ3v) is 8.89. The quantitative estimate of drug-likeness (QED) is 0.395. The van der Waals surface area contributed by atoms with E-state index in [1.54, 1.807) is 11.7 Å². The number of piperidine rings is 1. The molecule has 0 spiro atoms. The van der Waals surface area contributed by atoms with Crippen LogP contribution in [0.25, 0.3) is 10.9 Å². The number of likely N-dealkylation sites (tertiary alicyclic amines) is 1. The van der Waals surface area contributed by atoms with Gasteiger partial charge in [-0.2, -0.15) is 0 Å². The largest absolute Gasteiger partial charge is 0.497 e. The molecule has 6 rings (SSSR count). The number of methoxy groups -OCH3 is 1. The highest BCUT2D eigenvalue weighted by atomic mass is 16.6. The Morgan fingerprint density at radius 2 is 1.76 bits per heavy atom. The van der Waals surface area contributed by atoms with Crippen LogP contribution in [-0.4, -0.2) is 80.2 Å². The van der Waals surface area contributed by atoms with Crippen LogP contribution >= 0.6 is 0 Å². The van der Waals surface area contributed by atoms with Crippen LogP contribution in [0, 0.1) is 0 Å². The molecule has 1 aliphatic carbocycles. The first-order chi connectivity index (χ1) is 20.5. The van der Waals surface area contributed by atoms with Gasteiger partial charge in [-0.05, 0) is 68.6 Å². The molecule has 1 aromatic heterocycles. The van der Waals surface area contributed by atoms with Crippen LogP contribution in [-0.2, 0) is 13.1 Å². The fraction of sp³-hybridized carbons (Fsp3) is 0.500. The second kappa shape index (κ2) is 12.8. The smallest absolute Gasteiger partial charge is 0.252 e. The number of nitrogens with zero attached hydrogens (tertiary/aromatic N) is 3. The van der Waals surface area contributed by atoms with Gasteiger partial charge < -0.3 is 33.8 Å². The van der Waals surface area contributed by atoms with Gasteiger partial charge in [0.2, 0.25) is 0 Å². The first kappa shape index (κ1) is 28.6. The van der Waals surface area contributed by atoms with Gasteiger partial charge in [0, 0.05) is 49.2 Å². The lowest BCUT2D eigenvalue weighted by molar-refractivity contribution is 0.0939. The lowest BCUT2D eigenvalue weighted by atomic mass is 9.99. The van der Waals surface area contributed by atoms with Crippen molar-refractivity contribution >= 4 is 24.8 Å². The zero-order valence-corrected chi connectivity index (χ0v) is 24.3. The number of pyridine rings is 1. The summed E-state index contributed by atoms with van der Waals surface area (Å²) in [6.07, 6.45) is 6.14. The number of hydrogen-bond donors (Lipinski definition) is 1. The number of carbonyl (C=O) groups excluding carboxylic acids is 1. The lowest BCUT2D eigenvalue weighted by Crippen LogP contribution is -2.44. The number of amides is 1. The van der Waals surface area contributed by atoms with Crippen molar-refractivity contribution in [3.8, 4) is 17.2 Å². The Morgan fingerprint density at radius 1 is 1.00 bits per heavy atom. The second-order valence-electron chi connectivity index (χ2n) is 11.6. The fourth-order valence-corrected chi connectivity index (χ4v) is 6.48. The van der Waals surface area contributed by atoms with E-state index in [1.807, 2.05) is 41.2 Å². The van der Waals surface area contributed by atoms with Gasteiger partial charge in [0.1, 0.15) is 19.0 Å². The summed E-state index contributed by atoms with van der Waals surface area (Å²) in [5.41, 5.74) is 2.09. The molecule has 0 atom stereocenters. The standard InChI is InChI=1S/C32H39BN4O5/c1-40-25-7-8-26-27(32(39)34-23-4-2-3-5-23)20-31(38)36(28(26)19-25)15-14-35-12-10-24(11-13-35)37(33)21-22-6-9-29-30(18-22)42-17-16-41-29/h6-9,18-20,23-24H,2-5,10-17,21H2,1H3,(H,34,39). The summed E-state index contributed by atoms with van der Waals surface area (Å²) in [5.74, 6) is 2.05. The van der Waals surface area contributed by atoms with Gasteiger partial charge in [0.15, 0.2) is 19.5 Å². The number of hydrogen-bond acceptors (Lipinski definition) is 7. The fourth-order valence-electron chi connectivity index (χ4n) is 6.48. The SMILES string of the molecule is [B]N(Cc1ccc2c(c1)OCCO2)C1CCN(CCn2c(=O)cc(C(=O)NC3CCCC3)c3ccc(OC)cc32)CC1. The van der Waals surface area contributed by atoms with E-state index in [0.29, 0.717) is 37.6 Å². The molecule has 9 nitrogen and oxygen atoms in total. The zero-order valence-electron chi connectivity index (χ0n) is 24.3. The van der Waals surface area contributed by atoms with E-state index in [9.17, 15) is 9.59 Å². The van der Waals surface area contributed by atoms with Crippen molar-refractivity contribution in [1.82, 2.24) is 19.6 Å². The lowest BCUT2D eigenvalue weighted by Gasteiger charge is -2.37. The summed E-state index contributed by atoms with van der Waals surface area (Å²) in [7, 11) is 8.13. The average Bonchev–Trinajstić information content (AvgIpc) is 3.53. The molecule has 0 unspecified atom stereocenters. The molecule has 1 saturated heterocycles. The Bertz CT molecular complexity index is 1480. The van der Waals surface area contributed by atoms with Crippen molar-refractivity contribution in [1.29, 1.82) is 0 Å². The highest BCUT2D eigenvalue weighted by Crippen LogP contribution is 2.31. The molecular formula is C32H39BN4O5. The number of benzene rings is 2. The maximum absolute atomic E-state index is 13.4. The first-order valence-electron chi connectivity index (χ1n) is 15.1. The van der Waals surface area contributed by atoms with Gasteiger partial charge in [-0.25, -0.2) is 0 Å². The summed E-state index contributed by atoms with van der Waals surface area (Å²) in [6, 6.07) is 13.6. The first-order valence-corrected chi connectivity index (χ1v) is 15.1. The molecule has 2 fully saturated rings. The molecule has 220 valence electrons. The van der Waals surface area contributed by atoms with E-state index in [-0.39, 0.29) is 23.6 Å². The van der Waals surface area contributed by atoms with Crippen molar-refractivity contribution in [2.75, 3.05) is 40.0 Å². The molecule has 2 aromatic carbocycles. The Morgan fingerprint density at radius 3 is 2.52 bits per heavy atom. The van der Waals surface area contributed by atoms with E-state index in [1.165, 1.54) is 6.07 Å². The van der Waals surface area contributed by atoms with Crippen molar-refractivity contribution in [3.05, 3.63) is 63.9 Å². The second-order valence-corrected chi connectivity index (χ2v) is 11.6. The van der Waals surface area contributed by atoms with E-state index in [0.717, 1.165) is 86.1 Å². The predicted octanol–water partition coefficient (Wildman–Crippen LogP) is 3.50. The van der Waals surface area contributed by atoms with E-state index < -0.39 is 0 Å². The summed E-state index contributed by atoms with van der Waals surface area (Å²) in [4.78, 5) is 30.8. The van der Waals surface area contributed by atoms with E-state index >= 15 is 0 Å². The molecule has 2 aliphatic heterocycles. The molecule has 1 N–H and O–H groups in total. The van der Waals surface area contributed by atoms with Gasteiger partial charge in [-0.3, -0.25) is 9.59 Å². The minimum atomic E-state index is -0.175. The summed E-state index contributed by atoms with van der Waals surface area (Å²) < 4.78 is 18.6. The van der Waals surface area contributed by atoms with Crippen molar-refractivity contribution < 1.29 is 19.0 Å². The van der Waals surface area contributed by atoms with Crippen LogP contribution < -0.4 is 25.1 Å². The Hall–Kier alpha value is -3.50. The number of carbonyl (C=O) groups is 1. The Labute approximate surface area is 248 Å². The van der Waals surface area contributed by atoms with Crippen molar-refractivity contribution in [2.45, 2.75) is 63.7 Å². The normalized spacial score (nSPS) is 18.0. The summed E-state index contributed by atoms with van der Waals surface area (Å²) >= 11 is 0. The van der Waals surface area contributed by atoms with Crippen LogP contribution in [0.5, 0.6) is 17.2 Å². The average molecular weight is 570 g/mol. The predicted molar refractivity (Wildman–Crippen MR) is 163 cm³/mol. The number of aromatic nitrogens is 1. The maximum Gasteiger partial charge on any atom is 0.252 e. The molecule has 1 amide bonds. The van der Waals surface area contributed by atoms with Gasteiger partial charge in [-0.15, -0.1) is 0 Å². The molecular weight excluding hydrogens is 531 g/mol. The molecule has 0 bridgehead atoms. The highest BCUT2D eigenvalue weighted by molar-refractivity contribution is 6.06. The van der Waals surface area contributed by atoms with Gasteiger partial charge in [0.25, 0.3) is 11.5 Å². The van der Waals surface area contributed by atoms with Crippen LogP contribution in [0.15, 0.2) is 47.3 Å². The number of ether oxygens (including phenoxy) is 3. The Kier molecular flexibility index (Phi) is 8.72. The van der Waals surface area contributed by atoms with Crippen LogP contribution in [0.3, 0.4) is 0 Å². The minimum Gasteiger partial charge on any atom is -0.497 e. The third-order valence-electron chi connectivity index (χ3n) is 8.89. The summed E-state index contributed by atoms with van der Waals surface area (Å²) in [6.45, 7) is 4.85. The topological polar surface area (TPSA) is 85.3 Å². The molecule has 1 saturated carbocycles. The van der Waals surface area contributed by atoms with E-state index in [2.05, 4.69) is 10.2 Å². The summed E-state index contributed by atoms with van der Waals surface area (Å²) in [5, 5.41) is 3.90. The number of rotatable bonds is 9. The highest BCUT2D eigenvalue weighted by Gasteiger charge is 2.24. The monoisotopic (exact) mass is 570 g/mol. The zero-order chi connectivity index (χ0) is 29.1. The van der Waals surface area contributed by atoms with Crippen LogP contribution in [0.2, 0.25) is 0 Å².